The van der Waals surface area contributed by atoms with E-state index < -0.39 is 0 Å². The maximum atomic E-state index is 9.17. The summed E-state index contributed by atoms with van der Waals surface area (Å²) in [5.41, 5.74) is -0.201. The van der Waals surface area contributed by atoms with Crippen LogP contribution in [0.2, 0.25) is 0 Å². The van der Waals surface area contributed by atoms with E-state index in [-0.39, 0.29) is 5.54 Å². The van der Waals surface area contributed by atoms with Gasteiger partial charge in [-0.3, -0.25) is 5.32 Å². The Morgan fingerprint density at radius 3 is 2.33 bits per heavy atom. The van der Waals surface area contributed by atoms with Crippen molar-refractivity contribution in [2.45, 2.75) is 45.1 Å². The highest BCUT2D eigenvalue weighted by Crippen LogP contribution is 2.28. The summed E-state index contributed by atoms with van der Waals surface area (Å²) in [6, 6.07) is 2.46. The van der Waals surface area contributed by atoms with Crippen molar-refractivity contribution in [2.24, 2.45) is 0 Å². The van der Waals surface area contributed by atoms with Gasteiger partial charge in [0.05, 0.1) is 6.07 Å². The highest BCUT2D eigenvalue weighted by Gasteiger charge is 2.32. The van der Waals surface area contributed by atoms with E-state index in [0.29, 0.717) is 0 Å². The predicted molar refractivity (Wildman–Crippen MR) is 62.6 cm³/mol. The van der Waals surface area contributed by atoms with Crippen LogP contribution in [0, 0.1) is 11.3 Å². The zero-order valence-corrected chi connectivity index (χ0v) is 10.1. The number of likely N-dealkylation sites (N-methyl/N-ethyl adjacent to an activating group) is 1. The summed E-state index contributed by atoms with van der Waals surface area (Å²) in [7, 11) is 0. The second-order valence-electron chi connectivity index (χ2n) is 4.35. The molecule has 1 fully saturated rings. The SMILES string of the molecule is CCN(CC)CCNC1(C#N)CCCC1. The Morgan fingerprint density at radius 1 is 1.27 bits per heavy atom. The van der Waals surface area contributed by atoms with E-state index in [1.54, 1.807) is 0 Å². The normalized spacial score (nSPS) is 19.3. The number of hydrogen-bond donors (Lipinski definition) is 1. The maximum absolute atomic E-state index is 9.17. The zero-order chi connectivity index (χ0) is 11.1. The molecule has 1 saturated carbocycles. The average molecular weight is 209 g/mol. The smallest absolute Gasteiger partial charge is 0.106 e. The van der Waals surface area contributed by atoms with Gasteiger partial charge in [0.25, 0.3) is 0 Å². The minimum Gasteiger partial charge on any atom is -0.303 e. The largest absolute Gasteiger partial charge is 0.303 e. The summed E-state index contributed by atoms with van der Waals surface area (Å²) in [4.78, 5) is 2.38. The second kappa shape index (κ2) is 6.09. The van der Waals surface area contributed by atoms with Gasteiger partial charge in [0, 0.05) is 13.1 Å². The topological polar surface area (TPSA) is 39.1 Å². The van der Waals surface area contributed by atoms with Crippen LogP contribution in [0.3, 0.4) is 0 Å². The summed E-state index contributed by atoms with van der Waals surface area (Å²) in [6.45, 7) is 8.54. The fourth-order valence-electron chi connectivity index (χ4n) is 2.30. The van der Waals surface area contributed by atoms with E-state index in [1.165, 1.54) is 12.8 Å². The Balaban J connectivity index is 2.26. The molecule has 86 valence electrons. The lowest BCUT2D eigenvalue weighted by Crippen LogP contribution is -2.45. The first-order valence-electron chi connectivity index (χ1n) is 6.15. The van der Waals surface area contributed by atoms with Crippen LogP contribution in [-0.4, -0.2) is 36.6 Å². The highest BCUT2D eigenvalue weighted by atomic mass is 15.1. The van der Waals surface area contributed by atoms with Crippen molar-refractivity contribution in [3.8, 4) is 6.07 Å². The monoisotopic (exact) mass is 209 g/mol. The molecule has 0 atom stereocenters. The third-order valence-electron chi connectivity index (χ3n) is 3.46. The molecule has 0 amide bonds. The summed E-state index contributed by atoms with van der Waals surface area (Å²) in [5, 5.41) is 12.6. The fraction of sp³-hybridized carbons (Fsp3) is 0.917. The van der Waals surface area contributed by atoms with Crippen LogP contribution < -0.4 is 5.32 Å². The van der Waals surface area contributed by atoms with Crippen LogP contribution in [0.25, 0.3) is 0 Å². The van der Waals surface area contributed by atoms with Crippen molar-refractivity contribution in [1.29, 1.82) is 5.26 Å². The van der Waals surface area contributed by atoms with E-state index in [0.717, 1.165) is 39.0 Å². The number of nitrogens with zero attached hydrogens (tertiary/aromatic N) is 2. The van der Waals surface area contributed by atoms with E-state index in [9.17, 15) is 5.26 Å². The molecule has 3 nitrogen and oxygen atoms in total. The average Bonchev–Trinajstić information content (AvgIpc) is 2.74. The van der Waals surface area contributed by atoms with Gasteiger partial charge in [-0.2, -0.15) is 5.26 Å². The lowest BCUT2D eigenvalue weighted by atomic mass is 10.0. The Bertz CT molecular complexity index is 209. The third-order valence-corrected chi connectivity index (χ3v) is 3.46. The summed E-state index contributed by atoms with van der Waals surface area (Å²) in [6.07, 6.45) is 4.46. The minimum absolute atomic E-state index is 0.201. The van der Waals surface area contributed by atoms with Gasteiger partial charge in [0.15, 0.2) is 0 Å². The lowest BCUT2D eigenvalue weighted by molar-refractivity contribution is 0.286. The standard InChI is InChI=1S/C12H23N3/c1-3-15(4-2)10-9-14-12(11-13)7-5-6-8-12/h14H,3-10H2,1-2H3. The van der Waals surface area contributed by atoms with Crippen LogP contribution in [0.5, 0.6) is 0 Å². The molecule has 0 saturated heterocycles. The van der Waals surface area contributed by atoms with Gasteiger partial charge >= 0.3 is 0 Å². The van der Waals surface area contributed by atoms with Crippen LogP contribution in [-0.2, 0) is 0 Å². The van der Waals surface area contributed by atoms with Gasteiger partial charge in [-0.25, -0.2) is 0 Å². The quantitative estimate of drug-likeness (QED) is 0.724. The Hall–Kier alpha value is -0.590. The molecule has 0 aromatic heterocycles. The van der Waals surface area contributed by atoms with E-state index >= 15 is 0 Å². The number of nitriles is 1. The molecule has 0 spiro atoms. The van der Waals surface area contributed by atoms with Gasteiger partial charge < -0.3 is 4.90 Å². The zero-order valence-electron chi connectivity index (χ0n) is 10.1. The summed E-state index contributed by atoms with van der Waals surface area (Å²) in [5.74, 6) is 0. The molecule has 0 aliphatic heterocycles. The third kappa shape index (κ3) is 3.48. The van der Waals surface area contributed by atoms with E-state index in [2.05, 4.69) is 30.1 Å². The first-order valence-corrected chi connectivity index (χ1v) is 6.15. The Morgan fingerprint density at radius 2 is 1.87 bits per heavy atom. The molecular weight excluding hydrogens is 186 g/mol. The van der Waals surface area contributed by atoms with Gasteiger partial charge in [-0.05, 0) is 25.9 Å². The van der Waals surface area contributed by atoms with E-state index in [1.807, 2.05) is 0 Å². The molecular formula is C12H23N3. The van der Waals surface area contributed by atoms with Crippen LogP contribution in [0.15, 0.2) is 0 Å². The van der Waals surface area contributed by atoms with Crippen LogP contribution in [0.4, 0.5) is 0 Å². The molecule has 0 bridgehead atoms. The van der Waals surface area contributed by atoms with Crippen molar-refractivity contribution < 1.29 is 0 Å². The van der Waals surface area contributed by atoms with Crippen molar-refractivity contribution in [1.82, 2.24) is 10.2 Å². The maximum Gasteiger partial charge on any atom is 0.106 e. The van der Waals surface area contributed by atoms with E-state index in [4.69, 9.17) is 0 Å². The summed E-state index contributed by atoms with van der Waals surface area (Å²) >= 11 is 0. The molecule has 3 heteroatoms. The fourth-order valence-corrected chi connectivity index (χ4v) is 2.30. The Labute approximate surface area is 93.5 Å². The van der Waals surface area contributed by atoms with Crippen molar-refractivity contribution in [3.63, 3.8) is 0 Å². The van der Waals surface area contributed by atoms with Crippen LogP contribution >= 0.6 is 0 Å². The second-order valence-corrected chi connectivity index (χ2v) is 4.35. The van der Waals surface area contributed by atoms with Crippen molar-refractivity contribution in [3.05, 3.63) is 0 Å². The first-order chi connectivity index (χ1) is 7.26. The van der Waals surface area contributed by atoms with Gasteiger partial charge in [-0.1, -0.05) is 26.7 Å². The van der Waals surface area contributed by atoms with Gasteiger partial charge in [0.1, 0.15) is 5.54 Å². The first kappa shape index (κ1) is 12.5. The Kier molecular flexibility index (Phi) is 5.07. The van der Waals surface area contributed by atoms with Crippen molar-refractivity contribution >= 4 is 0 Å². The molecule has 0 heterocycles. The molecule has 15 heavy (non-hydrogen) atoms. The lowest BCUT2D eigenvalue weighted by Gasteiger charge is -2.25. The van der Waals surface area contributed by atoms with Crippen LogP contribution in [0.1, 0.15) is 39.5 Å². The highest BCUT2D eigenvalue weighted by molar-refractivity contribution is 5.09. The number of nitrogens with one attached hydrogen (secondary N) is 1. The molecule has 0 aromatic rings. The number of rotatable bonds is 6. The molecule has 1 aliphatic rings. The summed E-state index contributed by atoms with van der Waals surface area (Å²) < 4.78 is 0. The molecule has 1 aliphatic carbocycles. The van der Waals surface area contributed by atoms with Gasteiger partial charge in [-0.15, -0.1) is 0 Å². The number of hydrogen-bond acceptors (Lipinski definition) is 3. The molecule has 0 unspecified atom stereocenters. The predicted octanol–water partition coefficient (Wildman–Crippen LogP) is 1.75. The minimum atomic E-state index is -0.201. The molecule has 0 aromatic carbocycles. The molecule has 0 radical (unpaired) electrons. The van der Waals surface area contributed by atoms with Crippen molar-refractivity contribution in [2.75, 3.05) is 26.2 Å². The molecule has 1 N–H and O–H groups in total. The molecule has 1 rings (SSSR count). The van der Waals surface area contributed by atoms with Gasteiger partial charge in [0.2, 0.25) is 0 Å².